The molecule has 0 fully saturated rings. The van der Waals surface area contributed by atoms with Gasteiger partial charge in [-0.05, 0) is 0 Å². The van der Waals surface area contributed by atoms with Crippen LogP contribution in [0.4, 0.5) is 0 Å². The van der Waals surface area contributed by atoms with Gasteiger partial charge in [-0.15, -0.1) is 23.2 Å². The predicted octanol–water partition coefficient (Wildman–Crippen LogP) is 7.91. The van der Waals surface area contributed by atoms with E-state index in [1.807, 2.05) is 0 Å². The van der Waals surface area contributed by atoms with E-state index in [2.05, 4.69) is 13.8 Å². The highest BCUT2D eigenvalue weighted by Crippen LogP contribution is 2.12. The smallest absolute Gasteiger partial charge is 0.0967 e. The number of rotatable bonds is 13. The summed E-state index contributed by atoms with van der Waals surface area (Å²) >= 11 is 9.53. The first kappa shape index (κ1) is 21.9. The van der Waals surface area contributed by atoms with Crippen LogP contribution in [0.15, 0.2) is 0 Å². The minimum Gasteiger partial charge on any atom is -0.109 e. The first-order chi connectivity index (χ1) is 9.33. The Balaban J connectivity index is 0. The lowest BCUT2D eigenvalue weighted by Gasteiger charge is -2.02. The van der Waals surface area contributed by atoms with Gasteiger partial charge in [0.1, 0.15) is 0 Å². The van der Waals surface area contributed by atoms with Gasteiger partial charge in [0, 0.05) is 0 Å². The molecule has 0 aliphatic heterocycles. The zero-order valence-electron chi connectivity index (χ0n) is 13.4. The van der Waals surface area contributed by atoms with Crippen LogP contribution < -0.4 is 0 Å². The predicted molar refractivity (Wildman–Crippen MR) is 92.6 cm³/mol. The SMILES string of the molecule is CCCCCCCCCCCCCCCC.ClCCl. The Labute approximate surface area is 132 Å². The summed E-state index contributed by atoms with van der Waals surface area (Å²) in [6.45, 7) is 4.58. The molecule has 0 unspecified atom stereocenters. The van der Waals surface area contributed by atoms with Crippen LogP contribution in [0.3, 0.4) is 0 Å². The van der Waals surface area contributed by atoms with Crippen molar-refractivity contribution in [1.29, 1.82) is 0 Å². The summed E-state index contributed by atoms with van der Waals surface area (Å²) in [5.74, 6) is 0. The summed E-state index contributed by atoms with van der Waals surface area (Å²) in [6, 6.07) is 0. The van der Waals surface area contributed by atoms with Crippen molar-refractivity contribution < 1.29 is 0 Å². The molecule has 0 atom stereocenters. The van der Waals surface area contributed by atoms with Crippen LogP contribution in [-0.2, 0) is 0 Å². The molecule has 0 N–H and O–H groups in total. The van der Waals surface area contributed by atoms with Crippen molar-refractivity contribution in [2.75, 3.05) is 5.34 Å². The molecule has 0 nitrogen and oxygen atoms in total. The highest BCUT2D eigenvalue weighted by Gasteiger charge is 1.92. The van der Waals surface area contributed by atoms with E-state index >= 15 is 0 Å². The van der Waals surface area contributed by atoms with Crippen molar-refractivity contribution >= 4 is 23.2 Å². The molecule has 0 aromatic carbocycles. The van der Waals surface area contributed by atoms with E-state index in [1.165, 1.54) is 89.9 Å². The van der Waals surface area contributed by atoms with E-state index in [0.29, 0.717) is 0 Å². The Morgan fingerprint density at radius 2 is 0.579 bits per heavy atom. The maximum Gasteiger partial charge on any atom is 0.0967 e. The standard InChI is InChI=1S/C16H34.CH2Cl2/c1-3-5-7-9-11-13-15-16-14-12-10-8-6-4-2;2-1-3/h3-16H2,1-2H3;1H2. The quantitative estimate of drug-likeness (QED) is 0.239. The fourth-order valence-electron chi connectivity index (χ4n) is 2.27. The fourth-order valence-corrected chi connectivity index (χ4v) is 2.27. The molecule has 19 heavy (non-hydrogen) atoms. The summed E-state index contributed by atoms with van der Waals surface area (Å²) in [6.07, 6.45) is 20.4. The Morgan fingerprint density at radius 3 is 0.737 bits per heavy atom. The number of hydrogen-bond donors (Lipinski definition) is 0. The van der Waals surface area contributed by atoms with Gasteiger partial charge in [-0.1, -0.05) is 104 Å². The second-order valence-corrected chi connectivity index (χ2v) is 6.15. The zero-order chi connectivity index (χ0) is 14.6. The Morgan fingerprint density at radius 1 is 0.421 bits per heavy atom. The fraction of sp³-hybridized carbons (Fsp3) is 1.00. The van der Waals surface area contributed by atoms with E-state index in [4.69, 9.17) is 23.2 Å². The Kier molecular flexibility index (Phi) is 27.2. The third-order valence-corrected chi connectivity index (χ3v) is 3.46. The van der Waals surface area contributed by atoms with Crippen molar-refractivity contribution in [3.8, 4) is 0 Å². The maximum atomic E-state index is 4.76. The average molecular weight is 311 g/mol. The first-order valence-electron chi connectivity index (χ1n) is 8.45. The molecule has 0 saturated carbocycles. The molecule has 0 amide bonds. The van der Waals surface area contributed by atoms with Gasteiger partial charge in [0.25, 0.3) is 0 Å². The molecule has 0 aliphatic carbocycles. The van der Waals surface area contributed by atoms with Crippen LogP contribution in [0.5, 0.6) is 0 Å². The van der Waals surface area contributed by atoms with Gasteiger partial charge < -0.3 is 0 Å². The molecule has 0 rings (SSSR count). The van der Waals surface area contributed by atoms with Crippen molar-refractivity contribution in [1.82, 2.24) is 0 Å². The van der Waals surface area contributed by atoms with Gasteiger partial charge in [0.15, 0.2) is 0 Å². The van der Waals surface area contributed by atoms with E-state index in [9.17, 15) is 0 Å². The summed E-state index contributed by atoms with van der Waals surface area (Å²) in [5.41, 5.74) is 0. The van der Waals surface area contributed by atoms with Crippen LogP contribution in [0, 0.1) is 0 Å². The summed E-state index contributed by atoms with van der Waals surface area (Å²) in [7, 11) is 0. The van der Waals surface area contributed by atoms with E-state index < -0.39 is 0 Å². The lowest BCUT2D eigenvalue weighted by atomic mass is 10.0. The normalized spacial score (nSPS) is 10.1. The number of alkyl halides is 2. The van der Waals surface area contributed by atoms with Crippen LogP contribution in [0.2, 0.25) is 0 Å². The monoisotopic (exact) mass is 310 g/mol. The Hall–Kier alpha value is 0.580. The molecule has 0 saturated heterocycles. The summed E-state index contributed by atoms with van der Waals surface area (Å²) in [5, 5.41) is 0.194. The van der Waals surface area contributed by atoms with Crippen LogP contribution in [-0.4, -0.2) is 5.34 Å². The molecule has 0 bridgehead atoms. The van der Waals surface area contributed by atoms with Gasteiger partial charge in [0.05, 0.1) is 5.34 Å². The molecule has 0 radical (unpaired) electrons. The molecule has 0 spiro atoms. The maximum absolute atomic E-state index is 4.76. The molecule has 2 heteroatoms. The van der Waals surface area contributed by atoms with E-state index in [0.717, 1.165) is 0 Å². The van der Waals surface area contributed by atoms with E-state index in [1.54, 1.807) is 0 Å². The zero-order valence-corrected chi connectivity index (χ0v) is 14.9. The minimum absolute atomic E-state index is 0.194. The molecule has 0 aromatic heterocycles. The van der Waals surface area contributed by atoms with Crippen molar-refractivity contribution in [3.05, 3.63) is 0 Å². The van der Waals surface area contributed by atoms with Gasteiger partial charge in [0.2, 0.25) is 0 Å². The molecular weight excluding hydrogens is 275 g/mol. The number of halogens is 2. The number of hydrogen-bond acceptors (Lipinski definition) is 0. The van der Waals surface area contributed by atoms with Crippen LogP contribution in [0.1, 0.15) is 104 Å². The van der Waals surface area contributed by atoms with Crippen molar-refractivity contribution in [2.24, 2.45) is 0 Å². The minimum atomic E-state index is 0.194. The molecular formula is C17H36Cl2. The molecule has 0 aromatic rings. The average Bonchev–Trinajstić information content (AvgIpc) is 2.41. The van der Waals surface area contributed by atoms with E-state index in [-0.39, 0.29) is 5.34 Å². The van der Waals surface area contributed by atoms with Crippen LogP contribution >= 0.6 is 23.2 Å². The number of unbranched alkanes of at least 4 members (excludes halogenated alkanes) is 13. The van der Waals surface area contributed by atoms with Gasteiger partial charge in [-0.25, -0.2) is 0 Å². The van der Waals surface area contributed by atoms with Crippen molar-refractivity contribution in [3.63, 3.8) is 0 Å². The first-order valence-corrected chi connectivity index (χ1v) is 9.52. The molecule has 0 aliphatic rings. The van der Waals surface area contributed by atoms with Crippen LogP contribution in [0.25, 0.3) is 0 Å². The second-order valence-electron chi connectivity index (χ2n) is 5.34. The van der Waals surface area contributed by atoms with Gasteiger partial charge >= 0.3 is 0 Å². The highest BCUT2D eigenvalue weighted by molar-refractivity contribution is 6.40. The van der Waals surface area contributed by atoms with Gasteiger partial charge in [-0.3, -0.25) is 0 Å². The largest absolute Gasteiger partial charge is 0.109 e. The lowest BCUT2D eigenvalue weighted by Crippen LogP contribution is -1.82. The van der Waals surface area contributed by atoms with Crippen molar-refractivity contribution in [2.45, 2.75) is 104 Å². The second kappa shape index (κ2) is 23.7. The topological polar surface area (TPSA) is 0 Å². The third-order valence-electron chi connectivity index (χ3n) is 3.46. The summed E-state index contributed by atoms with van der Waals surface area (Å²) < 4.78 is 0. The summed E-state index contributed by atoms with van der Waals surface area (Å²) in [4.78, 5) is 0. The Bertz CT molecular complexity index is 112. The van der Waals surface area contributed by atoms with Gasteiger partial charge in [-0.2, -0.15) is 0 Å². The third kappa shape index (κ3) is 27.7. The molecule has 118 valence electrons. The lowest BCUT2D eigenvalue weighted by molar-refractivity contribution is 0.538. The molecule has 0 heterocycles. The highest BCUT2D eigenvalue weighted by atomic mass is 35.5.